The monoisotopic (exact) mass is 461 g/mol. The van der Waals surface area contributed by atoms with Crippen LogP contribution in [0, 0.1) is 12.8 Å². The van der Waals surface area contributed by atoms with Gasteiger partial charge in [0.2, 0.25) is 0 Å². The van der Waals surface area contributed by atoms with Gasteiger partial charge in [0.1, 0.15) is 0 Å². The summed E-state index contributed by atoms with van der Waals surface area (Å²) >= 11 is 0. The van der Waals surface area contributed by atoms with Crippen LogP contribution in [0.25, 0.3) is 0 Å². The molecule has 0 spiro atoms. The van der Waals surface area contributed by atoms with E-state index in [0.717, 1.165) is 44.4 Å². The van der Waals surface area contributed by atoms with Gasteiger partial charge in [-0.15, -0.1) is 24.0 Å². The summed E-state index contributed by atoms with van der Waals surface area (Å²) in [6, 6.07) is 4.02. The van der Waals surface area contributed by atoms with Crippen LogP contribution in [0.3, 0.4) is 0 Å². The molecule has 0 radical (unpaired) electrons. The number of hydrogen-bond acceptors (Lipinski definition) is 4. The summed E-state index contributed by atoms with van der Waals surface area (Å²) in [6.45, 7) is 11.9. The standard InChI is InChI=1S/C18H31N5O.HI/c1-14(2)12-23-8-9-24-16(13-23)10-21-18(19-4)22-11-17-15(3)6-5-7-20-17;/h5-7,14,16H,8-13H2,1-4H3,(H2,19,21,22);1H. The van der Waals surface area contributed by atoms with Gasteiger partial charge in [-0.1, -0.05) is 19.9 Å². The van der Waals surface area contributed by atoms with Gasteiger partial charge in [-0.25, -0.2) is 0 Å². The number of halogens is 1. The van der Waals surface area contributed by atoms with E-state index >= 15 is 0 Å². The molecule has 1 aromatic heterocycles. The smallest absolute Gasteiger partial charge is 0.191 e. The molecule has 25 heavy (non-hydrogen) atoms. The summed E-state index contributed by atoms with van der Waals surface area (Å²) in [5.74, 6) is 1.47. The van der Waals surface area contributed by atoms with E-state index in [1.165, 1.54) is 5.56 Å². The van der Waals surface area contributed by atoms with Crippen molar-refractivity contribution in [3.05, 3.63) is 29.6 Å². The first-order valence-corrected chi connectivity index (χ1v) is 8.77. The number of nitrogens with zero attached hydrogens (tertiary/aromatic N) is 3. The van der Waals surface area contributed by atoms with Crippen LogP contribution in [0.1, 0.15) is 25.1 Å². The molecule has 1 unspecified atom stereocenters. The number of aromatic nitrogens is 1. The summed E-state index contributed by atoms with van der Waals surface area (Å²) in [5, 5.41) is 6.68. The molecule has 142 valence electrons. The van der Waals surface area contributed by atoms with Gasteiger partial charge in [0.05, 0.1) is 24.9 Å². The third kappa shape index (κ3) is 7.87. The van der Waals surface area contributed by atoms with E-state index in [-0.39, 0.29) is 30.1 Å². The average molecular weight is 461 g/mol. The maximum atomic E-state index is 5.87. The Morgan fingerprint density at radius 1 is 1.44 bits per heavy atom. The van der Waals surface area contributed by atoms with Gasteiger partial charge in [0.15, 0.2) is 5.96 Å². The Balaban J connectivity index is 0.00000312. The highest BCUT2D eigenvalue weighted by atomic mass is 127. The third-order valence-electron chi connectivity index (χ3n) is 4.11. The molecule has 0 aromatic carbocycles. The van der Waals surface area contributed by atoms with Crippen LogP contribution < -0.4 is 10.6 Å². The van der Waals surface area contributed by atoms with E-state index in [9.17, 15) is 0 Å². The number of aliphatic imine (C=N–C) groups is 1. The molecule has 1 aliphatic heterocycles. The number of pyridine rings is 1. The Labute approximate surface area is 168 Å². The SMILES string of the molecule is CN=C(NCc1ncccc1C)NCC1CN(CC(C)C)CCO1.I. The highest BCUT2D eigenvalue weighted by Gasteiger charge is 2.21. The van der Waals surface area contributed by atoms with E-state index in [0.29, 0.717) is 12.5 Å². The lowest BCUT2D eigenvalue weighted by Crippen LogP contribution is -2.50. The van der Waals surface area contributed by atoms with Crippen molar-refractivity contribution in [3.8, 4) is 0 Å². The molecule has 2 N–H and O–H groups in total. The van der Waals surface area contributed by atoms with Crippen molar-refractivity contribution in [3.63, 3.8) is 0 Å². The number of rotatable bonds is 6. The fourth-order valence-corrected chi connectivity index (χ4v) is 2.89. The first-order chi connectivity index (χ1) is 11.6. The van der Waals surface area contributed by atoms with Crippen molar-refractivity contribution in [2.75, 3.05) is 39.8 Å². The maximum Gasteiger partial charge on any atom is 0.191 e. The Morgan fingerprint density at radius 2 is 2.24 bits per heavy atom. The number of hydrogen-bond donors (Lipinski definition) is 2. The second-order valence-electron chi connectivity index (χ2n) is 6.72. The molecular weight excluding hydrogens is 429 g/mol. The van der Waals surface area contributed by atoms with E-state index in [2.05, 4.69) is 52.3 Å². The van der Waals surface area contributed by atoms with Crippen molar-refractivity contribution >= 4 is 29.9 Å². The quantitative estimate of drug-likeness (QED) is 0.386. The predicted octanol–water partition coefficient (Wildman–Crippen LogP) is 2.03. The number of aryl methyl sites for hydroxylation is 1. The van der Waals surface area contributed by atoms with Crippen molar-refractivity contribution in [2.24, 2.45) is 10.9 Å². The van der Waals surface area contributed by atoms with Crippen LogP contribution >= 0.6 is 24.0 Å². The van der Waals surface area contributed by atoms with Gasteiger partial charge in [-0.05, 0) is 24.5 Å². The summed E-state index contributed by atoms with van der Waals surface area (Å²) in [5.41, 5.74) is 2.22. The van der Waals surface area contributed by atoms with Crippen LogP contribution in [0.4, 0.5) is 0 Å². The van der Waals surface area contributed by atoms with Gasteiger partial charge in [-0.3, -0.25) is 14.9 Å². The molecule has 1 fully saturated rings. The second kappa shape index (κ2) is 11.6. The molecule has 2 heterocycles. The van der Waals surface area contributed by atoms with E-state index in [1.54, 1.807) is 7.05 Å². The maximum absolute atomic E-state index is 5.87. The van der Waals surface area contributed by atoms with E-state index < -0.39 is 0 Å². The average Bonchev–Trinajstić information content (AvgIpc) is 2.56. The molecule has 0 amide bonds. The molecule has 1 saturated heterocycles. The Morgan fingerprint density at radius 3 is 2.92 bits per heavy atom. The Kier molecular flexibility index (Phi) is 10.3. The second-order valence-corrected chi connectivity index (χ2v) is 6.72. The fraction of sp³-hybridized carbons (Fsp3) is 0.667. The minimum absolute atomic E-state index is 0. The zero-order valence-corrected chi connectivity index (χ0v) is 18.1. The van der Waals surface area contributed by atoms with Gasteiger partial charge in [0, 0.05) is 39.4 Å². The molecule has 1 aliphatic rings. The summed E-state index contributed by atoms with van der Waals surface area (Å²) < 4.78 is 5.87. The number of morpholine rings is 1. The number of ether oxygens (including phenoxy) is 1. The molecule has 7 heteroatoms. The minimum Gasteiger partial charge on any atom is -0.374 e. The van der Waals surface area contributed by atoms with Crippen LogP contribution in [-0.2, 0) is 11.3 Å². The highest BCUT2D eigenvalue weighted by Crippen LogP contribution is 2.07. The summed E-state index contributed by atoms with van der Waals surface area (Å²) in [7, 11) is 1.79. The van der Waals surface area contributed by atoms with Crippen LogP contribution in [-0.4, -0.2) is 61.8 Å². The lowest BCUT2D eigenvalue weighted by molar-refractivity contribution is -0.0284. The first kappa shape index (κ1) is 22.1. The molecule has 1 atom stereocenters. The lowest BCUT2D eigenvalue weighted by Gasteiger charge is -2.34. The Bertz CT molecular complexity index is 538. The van der Waals surface area contributed by atoms with E-state index in [4.69, 9.17) is 4.74 Å². The molecule has 0 saturated carbocycles. The van der Waals surface area contributed by atoms with Crippen LogP contribution in [0.2, 0.25) is 0 Å². The highest BCUT2D eigenvalue weighted by molar-refractivity contribution is 14.0. The molecule has 1 aromatic rings. The lowest BCUT2D eigenvalue weighted by atomic mass is 10.2. The van der Waals surface area contributed by atoms with Crippen LogP contribution in [0.15, 0.2) is 23.3 Å². The van der Waals surface area contributed by atoms with Crippen LogP contribution in [0.5, 0.6) is 0 Å². The fourth-order valence-electron chi connectivity index (χ4n) is 2.89. The molecule has 2 rings (SSSR count). The largest absolute Gasteiger partial charge is 0.374 e. The zero-order chi connectivity index (χ0) is 17.4. The molecule has 0 bridgehead atoms. The van der Waals surface area contributed by atoms with Crippen molar-refractivity contribution in [1.82, 2.24) is 20.5 Å². The van der Waals surface area contributed by atoms with Gasteiger partial charge >= 0.3 is 0 Å². The van der Waals surface area contributed by atoms with Crippen molar-refractivity contribution < 1.29 is 4.74 Å². The van der Waals surface area contributed by atoms with Crippen molar-refractivity contribution in [1.29, 1.82) is 0 Å². The van der Waals surface area contributed by atoms with E-state index in [1.807, 2.05) is 12.3 Å². The number of nitrogens with one attached hydrogen (secondary N) is 2. The van der Waals surface area contributed by atoms with Gasteiger partial charge in [-0.2, -0.15) is 0 Å². The van der Waals surface area contributed by atoms with Gasteiger partial charge < -0.3 is 15.4 Å². The molecule has 0 aliphatic carbocycles. The minimum atomic E-state index is 0. The predicted molar refractivity (Wildman–Crippen MR) is 114 cm³/mol. The third-order valence-corrected chi connectivity index (χ3v) is 4.11. The topological polar surface area (TPSA) is 61.8 Å². The molecule has 6 nitrogen and oxygen atoms in total. The van der Waals surface area contributed by atoms with Crippen molar-refractivity contribution in [2.45, 2.75) is 33.4 Å². The summed E-state index contributed by atoms with van der Waals surface area (Å²) in [6.07, 6.45) is 2.02. The normalized spacial score (nSPS) is 18.8. The first-order valence-electron chi connectivity index (χ1n) is 8.77. The Hall–Kier alpha value is -0.930. The van der Waals surface area contributed by atoms with Gasteiger partial charge in [0.25, 0.3) is 0 Å². The molecular formula is C18H32IN5O. The zero-order valence-electron chi connectivity index (χ0n) is 15.8. The summed E-state index contributed by atoms with van der Waals surface area (Å²) in [4.78, 5) is 11.2. The number of guanidine groups is 1.